The van der Waals surface area contributed by atoms with Gasteiger partial charge in [0, 0.05) is 12.6 Å². The largest absolute Gasteiger partial charge is 0.418 e. The maximum Gasteiger partial charge on any atom is 0.418 e. The van der Waals surface area contributed by atoms with E-state index in [1.807, 2.05) is 6.92 Å². The van der Waals surface area contributed by atoms with Crippen LogP contribution in [0.1, 0.15) is 18.1 Å². The number of nitrogens with zero attached hydrogens (tertiary/aromatic N) is 2. The van der Waals surface area contributed by atoms with E-state index in [4.69, 9.17) is 0 Å². The minimum absolute atomic E-state index is 0.0274. The van der Waals surface area contributed by atoms with E-state index in [1.54, 1.807) is 13.1 Å². The van der Waals surface area contributed by atoms with Crippen molar-refractivity contribution in [3.05, 3.63) is 41.7 Å². The molecule has 0 saturated heterocycles. The van der Waals surface area contributed by atoms with E-state index in [0.717, 1.165) is 11.6 Å². The molecule has 1 aromatic carbocycles. The first kappa shape index (κ1) is 15.1. The first-order valence-electron chi connectivity index (χ1n) is 6.42. The highest BCUT2D eigenvalue weighted by Crippen LogP contribution is 2.36. The molecule has 2 N–H and O–H groups in total. The lowest BCUT2D eigenvalue weighted by Crippen LogP contribution is -2.10. The van der Waals surface area contributed by atoms with Crippen molar-refractivity contribution in [3.63, 3.8) is 0 Å². The summed E-state index contributed by atoms with van der Waals surface area (Å²) in [5.74, 6) is 0.966. The van der Waals surface area contributed by atoms with Gasteiger partial charge < -0.3 is 10.6 Å². The highest BCUT2D eigenvalue weighted by atomic mass is 19.4. The van der Waals surface area contributed by atoms with Crippen molar-refractivity contribution in [3.8, 4) is 0 Å². The van der Waals surface area contributed by atoms with Crippen LogP contribution in [0.2, 0.25) is 0 Å². The molecule has 0 amide bonds. The number of rotatable bonds is 4. The Morgan fingerprint density at radius 1 is 1.10 bits per heavy atom. The van der Waals surface area contributed by atoms with Crippen LogP contribution in [0.5, 0.6) is 0 Å². The Labute approximate surface area is 120 Å². The van der Waals surface area contributed by atoms with Gasteiger partial charge in [0.25, 0.3) is 0 Å². The van der Waals surface area contributed by atoms with Crippen LogP contribution >= 0.6 is 0 Å². The molecule has 0 aliphatic carbocycles. The summed E-state index contributed by atoms with van der Waals surface area (Å²) in [6.45, 7) is 1.89. The van der Waals surface area contributed by atoms with E-state index in [2.05, 4.69) is 20.6 Å². The second-order valence-electron chi connectivity index (χ2n) is 4.32. The summed E-state index contributed by atoms with van der Waals surface area (Å²) < 4.78 is 39.0. The van der Waals surface area contributed by atoms with Gasteiger partial charge in [0.1, 0.15) is 18.0 Å². The molecule has 0 unspecified atom stereocenters. The second kappa shape index (κ2) is 5.99. The van der Waals surface area contributed by atoms with E-state index >= 15 is 0 Å². The molecule has 0 aliphatic rings. The van der Waals surface area contributed by atoms with Crippen LogP contribution in [0.3, 0.4) is 0 Å². The molecule has 0 fully saturated rings. The van der Waals surface area contributed by atoms with Crippen molar-refractivity contribution >= 4 is 17.3 Å². The normalized spacial score (nSPS) is 11.3. The van der Waals surface area contributed by atoms with Gasteiger partial charge in [-0.1, -0.05) is 19.1 Å². The number of para-hydroxylation sites is 1. The van der Waals surface area contributed by atoms with Gasteiger partial charge in [0.05, 0.1) is 11.3 Å². The molecule has 7 heteroatoms. The molecule has 2 rings (SSSR count). The number of alkyl halides is 3. The van der Waals surface area contributed by atoms with Gasteiger partial charge in [0.2, 0.25) is 0 Å². The molecule has 1 heterocycles. The summed E-state index contributed by atoms with van der Waals surface area (Å²) in [5, 5.41) is 5.67. The lowest BCUT2D eigenvalue weighted by molar-refractivity contribution is -0.136. The number of hydrogen-bond donors (Lipinski definition) is 2. The van der Waals surface area contributed by atoms with Crippen LogP contribution in [-0.4, -0.2) is 17.0 Å². The van der Waals surface area contributed by atoms with Gasteiger partial charge in [-0.3, -0.25) is 0 Å². The van der Waals surface area contributed by atoms with Crippen LogP contribution in [0.15, 0.2) is 30.6 Å². The summed E-state index contributed by atoms with van der Waals surface area (Å²) >= 11 is 0. The number of halogens is 3. The van der Waals surface area contributed by atoms with Crippen LogP contribution < -0.4 is 10.6 Å². The zero-order chi connectivity index (χ0) is 15.5. The standard InChI is InChI=1S/C14H15F3N4/c1-3-9-12(18-2)19-8-20-13(9)21-11-7-5-4-6-10(11)14(15,16)17/h4-8H,3H2,1-2H3,(H2,18,19,20,21). The molecular weight excluding hydrogens is 281 g/mol. The second-order valence-corrected chi connectivity index (χ2v) is 4.32. The Morgan fingerprint density at radius 3 is 2.38 bits per heavy atom. The molecule has 0 aliphatic heterocycles. The zero-order valence-corrected chi connectivity index (χ0v) is 11.6. The fourth-order valence-corrected chi connectivity index (χ4v) is 2.04. The fraction of sp³-hybridized carbons (Fsp3) is 0.286. The molecule has 1 aromatic heterocycles. The van der Waals surface area contributed by atoms with Crippen molar-refractivity contribution < 1.29 is 13.2 Å². The van der Waals surface area contributed by atoms with E-state index in [1.165, 1.54) is 18.5 Å². The van der Waals surface area contributed by atoms with Crippen molar-refractivity contribution in [2.75, 3.05) is 17.7 Å². The van der Waals surface area contributed by atoms with E-state index in [0.29, 0.717) is 18.1 Å². The Balaban J connectivity index is 2.44. The predicted octanol–water partition coefficient (Wildman–Crippen LogP) is 3.84. The quantitative estimate of drug-likeness (QED) is 0.900. The van der Waals surface area contributed by atoms with E-state index in [9.17, 15) is 13.2 Å². The third kappa shape index (κ3) is 3.24. The highest BCUT2D eigenvalue weighted by molar-refractivity contribution is 5.67. The van der Waals surface area contributed by atoms with Gasteiger partial charge in [-0.05, 0) is 18.6 Å². The van der Waals surface area contributed by atoms with Gasteiger partial charge >= 0.3 is 6.18 Å². The third-order valence-corrected chi connectivity index (χ3v) is 3.02. The average molecular weight is 296 g/mol. The summed E-state index contributed by atoms with van der Waals surface area (Å²) in [5.41, 5.74) is -0.0193. The molecule has 21 heavy (non-hydrogen) atoms. The molecule has 112 valence electrons. The topological polar surface area (TPSA) is 49.8 Å². The number of hydrogen-bond acceptors (Lipinski definition) is 4. The lowest BCUT2D eigenvalue weighted by atomic mass is 10.1. The zero-order valence-electron chi connectivity index (χ0n) is 11.6. The van der Waals surface area contributed by atoms with Gasteiger partial charge in [-0.25, -0.2) is 9.97 Å². The van der Waals surface area contributed by atoms with Gasteiger partial charge in [-0.2, -0.15) is 13.2 Å². The lowest BCUT2D eigenvalue weighted by Gasteiger charge is -2.16. The number of nitrogens with one attached hydrogen (secondary N) is 2. The fourth-order valence-electron chi connectivity index (χ4n) is 2.04. The first-order chi connectivity index (χ1) is 9.97. The number of aromatic nitrogens is 2. The van der Waals surface area contributed by atoms with Crippen molar-refractivity contribution in [2.45, 2.75) is 19.5 Å². The van der Waals surface area contributed by atoms with Crippen LogP contribution in [0, 0.1) is 0 Å². The maximum absolute atomic E-state index is 13.0. The molecule has 4 nitrogen and oxygen atoms in total. The Bertz CT molecular complexity index is 626. The minimum atomic E-state index is -4.42. The monoisotopic (exact) mass is 296 g/mol. The Morgan fingerprint density at radius 2 is 1.76 bits per heavy atom. The Hall–Kier alpha value is -2.31. The molecule has 2 aromatic rings. The first-order valence-corrected chi connectivity index (χ1v) is 6.42. The van der Waals surface area contributed by atoms with E-state index in [-0.39, 0.29) is 5.69 Å². The Kier molecular flexibility index (Phi) is 4.30. The molecule has 0 bridgehead atoms. The minimum Gasteiger partial charge on any atom is -0.373 e. The van der Waals surface area contributed by atoms with Crippen LogP contribution in [0.25, 0.3) is 0 Å². The van der Waals surface area contributed by atoms with Gasteiger partial charge in [0.15, 0.2) is 0 Å². The molecule has 0 atom stereocenters. The van der Waals surface area contributed by atoms with Crippen molar-refractivity contribution in [2.24, 2.45) is 0 Å². The molecule has 0 radical (unpaired) electrons. The van der Waals surface area contributed by atoms with Crippen LogP contribution in [-0.2, 0) is 12.6 Å². The van der Waals surface area contributed by atoms with Crippen molar-refractivity contribution in [1.82, 2.24) is 9.97 Å². The predicted molar refractivity (Wildman–Crippen MR) is 75.7 cm³/mol. The molecular formula is C14H15F3N4. The highest BCUT2D eigenvalue weighted by Gasteiger charge is 2.33. The van der Waals surface area contributed by atoms with E-state index < -0.39 is 11.7 Å². The smallest absolute Gasteiger partial charge is 0.373 e. The number of benzene rings is 1. The van der Waals surface area contributed by atoms with Crippen molar-refractivity contribution in [1.29, 1.82) is 0 Å². The van der Waals surface area contributed by atoms with Crippen LogP contribution in [0.4, 0.5) is 30.5 Å². The summed E-state index contributed by atoms with van der Waals surface area (Å²) in [6, 6.07) is 5.31. The molecule has 0 saturated carbocycles. The third-order valence-electron chi connectivity index (χ3n) is 3.02. The number of anilines is 3. The summed E-state index contributed by atoms with van der Waals surface area (Å²) in [7, 11) is 1.70. The summed E-state index contributed by atoms with van der Waals surface area (Å²) in [6.07, 6.45) is -2.52. The summed E-state index contributed by atoms with van der Waals surface area (Å²) in [4.78, 5) is 8.10. The SMILES string of the molecule is CCc1c(NC)ncnc1Nc1ccccc1C(F)(F)F. The average Bonchev–Trinajstić information content (AvgIpc) is 2.46. The van der Waals surface area contributed by atoms with Gasteiger partial charge in [-0.15, -0.1) is 0 Å². The molecule has 0 spiro atoms. The maximum atomic E-state index is 13.0.